The van der Waals surface area contributed by atoms with Crippen LogP contribution < -0.4 is 5.32 Å². The molecule has 0 aromatic heterocycles. The maximum atomic E-state index is 13.1. The Morgan fingerprint density at radius 3 is 2.45 bits per heavy atom. The summed E-state index contributed by atoms with van der Waals surface area (Å²) < 4.78 is 0. The molecule has 0 aromatic carbocycles. The molecule has 0 heterocycles. The van der Waals surface area contributed by atoms with Gasteiger partial charge in [-0.15, -0.1) is 0 Å². The lowest BCUT2D eigenvalue weighted by Crippen LogP contribution is -2.52. The highest BCUT2D eigenvalue weighted by atomic mass is 16.2. The van der Waals surface area contributed by atoms with E-state index in [4.69, 9.17) is 4.79 Å². The molecule has 29 heavy (non-hydrogen) atoms. The first-order valence-electron chi connectivity index (χ1n) is 11.5. The lowest BCUT2D eigenvalue weighted by molar-refractivity contribution is -0.133. The second-order valence-electron chi connectivity index (χ2n) is 11.6. The van der Waals surface area contributed by atoms with Gasteiger partial charge in [0, 0.05) is 11.5 Å². The monoisotopic (exact) mass is 399 g/mol. The van der Waals surface area contributed by atoms with Crippen LogP contribution in [0, 0.1) is 34.5 Å². The molecule has 6 atom stereocenters. The van der Waals surface area contributed by atoms with Crippen molar-refractivity contribution in [1.82, 2.24) is 5.32 Å². The minimum absolute atomic E-state index is 0.134. The third kappa shape index (κ3) is 3.75. The van der Waals surface area contributed by atoms with Crippen LogP contribution in [0.2, 0.25) is 0 Å². The van der Waals surface area contributed by atoms with E-state index in [9.17, 15) is 4.79 Å². The van der Waals surface area contributed by atoms with E-state index in [0.717, 1.165) is 18.3 Å². The summed E-state index contributed by atoms with van der Waals surface area (Å²) in [5.41, 5.74) is 3.60. The maximum Gasteiger partial charge on any atom is 0.224 e. The van der Waals surface area contributed by atoms with Crippen molar-refractivity contribution >= 4 is 12.7 Å². The second-order valence-corrected chi connectivity index (χ2v) is 11.6. The number of fused-ring (bicyclic) bond motifs is 5. The number of allylic oxidation sites excluding steroid dienone is 4. The van der Waals surface area contributed by atoms with Gasteiger partial charge in [-0.25, -0.2) is 0 Å². The van der Waals surface area contributed by atoms with Crippen LogP contribution in [0.3, 0.4) is 0 Å². The molecular formula is C26H41NO2. The van der Waals surface area contributed by atoms with Crippen LogP contribution in [-0.4, -0.2) is 18.2 Å². The quantitative estimate of drug-likeness (QED) is 0.601. The molecule has 162 valence electrons. The van der Waals surface area contributed by atoms with E-state index in [0.29, 0.717) is 17.2 Å². The second kappa shape index (κ2) is 7.71. The van der Waals surface area contributed by atoms with Crippen LogP contribution in [0.25, 0.3) is 0 Å². The number of nitrogens with one attached hydrogen (secondary N) is 1. The van der Waals surface area contributed by atoms with E-state index in [1.807, 2.05) is 6.79 Å². The molecule has 2 saturated carbocycles. The Balaban J connectivity index is 0.00000117. The van der Waals surface area contributed by atoms with Crippen molar-refractivity contribution in [3.8, 4) is 0 Å². The first-order chi connectivity index (χ1) is 13.5. The van der Waals surface area contributed by atoms with Crippen molar-refractivity contribution in [1.29, 1.82) is 0 Å². The summed E-state index contributed by atoms with van der Waals surface area (Å²) in [4.78, 5) is 21.1. The molecule has 0 bridgehead atoms. The zero-order chi connectivity index (χ0) is 21.6. The summed E-state index contributed by atoms with van der Waals surface area (Å²) in [6, 6.07) is 0. The molecule has 0 radical (unpaired) electrons. The first-order valence-corrected chi connectivity index (χ1v) is 11.5. The van der Waals surface area contributed by atoms with Crippen LogP contribution in [0.5, 0.6) is 0 Å². The molecule has 0 spiro atoms. The number of carbonyl (C=O) groups is 2. The van der Waals surface area contributed by atoms with Crippen molar-refractivity contribution < 1.29 is 9.59 Å². The Labute approximate surface area is 177 Å². The summed E-state index contributed by atoms with van der Waals surface area (Å²) in [5.74, 6) is 2.81. The topological polar surface area (TPSA) is 46.2 Å². The van der Waals surface area contributed by atoms with Crippen LogP contribution >= 0.6 is 0 Å². The minimum Gasteiger partial charge on any atom is -0.351 e. The minimum atomic E-state index is -0.134. The number of amides is 1. The number of hydrogen-bond donors (Lipinski definition) is 1. The standard InChI is InChI=1S/C25H39NO.CH2O/c1-16-11-13-24(5)17(15-16)7-8-18-19-9-10-21(22(27)26-23(2,3)4)25(19,6)14-12-20(18)24;1-2/h7,15,18-21H,8-14H2,1-6H3,(H,26,27);1H2. The SMILES string of the molecule is C=O.CC1=CC2=CCC3C(CCC4(C)C(C(=O)NC(C)(C)C)CCC34)C2(C)CC1. The summed E-state index contributed by atoms with van der Waals surface area (Å²) in [7, 11) is 0. The van der Waals surface area contributed by atoms with Gasteiger partial charge in [-0.05, 0) is 107 Å². The van der Waals surface area contributed by atoms with Crippen molar-refractivity contribution in [3.63, 3.8) is 0 Å². The highest BCUT2D eigenvalue weighted by molar-refractivity contribution is 5.80. The number of rotatable bonds is 1. The van der Waals surface area contributed by atoms with Crippen LogP contribution in [0.15, 0.2) is 23.3 Å². The normalized spacial score (nSPS) is 40.9. The zero-order valence-electron chi connectivity index (χ0n) is 19.4. The van der Waals surface area contributed by atoms with Gasteiger partial charge in [0.15, 0.2) is 0 Å². The largest absolute Gasteiger partial charge is 0.351 e. The lowest BCUT2D eigenvalue weighted by atomic mass is 9.48. The average Bonchev–Trinajstić information content (AvgIpc) is 3.00. The number of carbonyl (C=O) groups excluding carboxylic acids is 2. The van der Waals surface area contributed by atoms with Gasteiger partial charge in [0.25, 0.3) is 0 Å². The molecule has 2 fully saturated rings. The molecule has 6 unspecified atom stereocenters. The van der Waals surface area contributed by atoms with Crippen LogP contribution in [-0.2, 0) is 9.59 Å². The van der Waals surface area contributed by atoms with E-state index in [-0.39, 0.29) is 16.9 Å². The van der Waals surface area contributed by atoms with Gasteiger partial charge in [0.1, 0.15) is 6.79 Å². The van der Waals surface area contributed by atoms with Gasteiger partial charge >= 0.3 is 0 Å². The average molecular weight is 400 g/mol. The lowest BCUT2D eigenvalue weighted by Gasteiger charge is -2.57. The van der Waals surface area contributed by atoms with Crippen molar-refractivity contribution in [2.45, 2.75) is 92.0 Å². The molecule has 3 heteroatoms. The van der Waals surface area contributed by atoms with Gasteiger partial charge in [-0.1, -0.05) is 31.6 Å². The summed E-state index contributed by atoms with van der Waals surface area (Å²) in [6.07, 6.45) is 13.7. The fraction of sp³-hybridized carbons (Fsp3) is 0.769. The third-order valence-electron chi connectivity index (χ3n) is 8.78. The van der Waals surface area contributed by atoms with Gasteiger partial charge in [-0.2, -0.15) is 0 Å². The van der Waals surface area contributed by atoms with E-state index >= 15 is 0 Å². The smallest absolute Gasteiger partial charge is 0.224 e. The Hall–Kier alpha value is -1.38. The molecule has 0 aliphatic heterocycles. The molecular weight excluding hydrogens is 358 g/mol. The molecule has 4 rings (SSSR count). The van der Waals surface area contributed by atoms with Gasteiger partial charge in [-0.3, -0.25) is 4.79 Å². The Kier molecular flexibility index (Phi) is 5.93. The first kappa shape index (κ1) is 22.3. The van der Waals surface area contributed by atoms with Crippen molar-refractivity contribution in [2.75, 3.05) is 0 Å². The summed E-state index contributed by atoms with van der Waals surface area (Å²) in [6.45, 7) is 15.6. The predicted molar refractivity (Wildman–Crippen MR) is 119 cm³/mol. The molecule has 0 saturated heterocycles. The van der Waals surface area contributed by atoms with E-state index in [1.54, 1.807) is 11.1 Å². The van der Waals surface area contributed by atoms with Gasteiger partial charge < -0.3 is 10.1 Å². The predicted octanol–water partition coefficient (Wildman–Crippen LogP) is 5.85. The van der Waals surface area contributed by atoms with Gasteiger partial charge in [0.2, 0.25) is 5.91 Å². The van der Waals surface area contributed by atoms with Crippen molar-refractivity contribution in [2.24, 2.45) is 34.5 Å². The summed E-state index contributed by atoms with van der Waals surface area (Å²) >= 11 is 0. The molecule has 4 aliphatic rings. The van der Waals surface area contributed by atoms with E-state index < -0.39 is 0 Å². The molecule has 3 nitrogen and oxygen atoms in total. The Bertz CT molecular complexity index is 715. The molecule has 0 aromatic rings. The Morgan fingerprint density at radius 1 is 1.10 bits per heavy atom. The van der Waals surface area contributed by atoms with E-state index in [1.165, 1.54) is 38.5 Å². The molecule has 1 N–H and O–H groups in total. The van der Waals surface area contributed by atoms with Crippen LogP contribution in [0.1, 0.15) is 86.5 Å². The fourth-order valence-corrected chi connectivity index (χ4v) is 7.35. The van der Waals surface area contributed by atoms with Crippen LogP contribution in [0.4, 0.5) is 0 Å². The molecule has 1 amide bonds. The fourth-order valence-electron chi connectivity index (χ4n) is 7.35. The van der Waals surface area contributed by atoms with Crippen molar-refractivity contribution in [3.05, 3.63) is 23.3 Å². The highest BCUT2D eigenvalue weighted by Gasteiger charge is 2.59. The van der Waals surface area contributed by atoms with E-state index in [2.05, 4.69) is 59.0 Å². The Morgan fingerprint density at radius 2 is 1.79 bits per heavy atom. The van der Waals surface area contributed by atoms with Gasteiger partial charge in [0.05, 0.1) is 0 Å². The molecule has 4 aliphatic carbocycles. The third-order valence-corrected chi connectivity index (χ3v) is 8.78. The number of hydrogen-bond acceptors (Lipinski definition) is 2. The maximum absolute atomic E-state index is 13.1. The highest BCUT2D eigenvalue weighted by Crippen LogP contribution is 2.65. The summed E-state index contributed by atoms with van der Waals surface area (Å²) in [5, 5.41) is 3.29. The zero-order valence-corrected chi connectivity index (χ0v) is 19.4.